The van der Waals surface area contributed by atoms with Crippen LogP contribution in [0.2, 0.25) is 0 Å². The van der Waals surface area contributed by atoms with Gasteiger partial charge in [-0.1, -0.05) is 0 Å². The van der Waals surface area contributed by atoms with Gasteiger partial charge in [-0.25, -0.2) is 8.78 Å². The zero-order valence-corrected chi connectivity index (χ0v) is 15.4. The molecule has 4 nitrogen and oxygen atoms in total. The average molecular weight is 384 g/mol. The molecule has 146 valence electrons. The number of halogens is 2. The van der Waals surface area contributed by atoms with E-state index >= 15 is 0 Å². The number of amides is 1. The molecule has 1 saturated heterocycles. The van der Waals surface area contributed by atoms with Gasteiger partial charge in [-0.15, -0.1) is 0 Å². The number of nitrogens with one attached hydrogen (secondary N) is 2. The number of carbonyl (C=O) groups is 1. The van der Waals surface area contributed by atoms with Crippen LogP contribution in [0.25, 0.3) is 22.2 Å². The molecule has 0 unspecified atom stereocenters. The standard InChI is InChI=1S/C22H22F2N2O2/c23-15-5-3-14(4-6-15)22-18(19-12-16(24)7-9-20(19)26-22)8-10-21(27)25-13-17-2-1-11-28-17/h3-7,9,12,17,26H,1-2,8,10-11,13H2,(H,25,27)/t17-/m1/s1. The number of benzene rings is 2. The van der Waals surface area contributed by atoms with Crippen LogP contribution in [0.5, 0.6) is 0 Å². The Morgan fingerprint density at radius 1 is 1.14 bits per heavy atom. The molecule has 2 heterocycles. The number of aromatic nitrogens is 1. The average Bonchev–Trinajstić information content (AvgIpc) is 3.33. The molecule has 1 amide bonds. The summed E-state index contributed by atoms with van der Waals surface area (Å²) in [6, 6.07) is 10.7. The quantitative estimate of drug-likeness (QED) is 0.664. The Morgan fingerprint density at radius 3 is 2.68 bits per heavy atom. The van der Waals surface area contributed by atoms with Gasteiger partial charge in [-0.05, 0) is 72.9 Å². The first-order valence-corrected chi connectivity index (χ1v) is 9.54. The summed E-state index contributed by atoms with van der Waals surface area (Å²) in [6.45, 7) is 1.27. The lowest BCUT2D eigenvalue weighted by atomic mass is 10.0. The summed E-state index contributed by atoms with van der Waals surface area (Å²) < 4.78 is 32.6. The van der Waals surface area contributed by atoms with E-state index in [-0.39, 0.29) is 30.1 Å². The molecule has 3 aromatic rings. The highest BCUT2D eigenvalue weighted by Gasteiger charge is 2.18. The molecule has 2 N–H and O–H groups in total. The molecular formula is C22H22F2N2O2. The fraction of sp³-hybridized carbons (Fsp3) is 0.318. The highest BCUT2D eigenvalue weighted by atomic mass is 19.1. The van der Waals surface area contributed by atoms with Crippen molar-refractivity contribution in [1.82, 2.24) is 10.3 Å². The Hall–Kier alpha value is -2.73. The van der Waals surface area contributed by atoms with Gasteiger partial charge in [0.05, 0.1) is 6.10 Å². The molecule has 6 heteroatoms. The van der Waals surface area contributed by atoms with Gasteiger partial charge in [0.2, 0.25) is 5.91 Å². The number of ether oxygens (including phenoxy) is 1. The Balaban J connectivity index is 1.55. The van der Waals surface area contributed by atoms with Crippen molar-refractivity contribution in [2.75, 3.05) is 13.2 Å². The Morgan fingerprint density at radius 2 is 1.93 bits per heavy atom. The maximum Gasteiger partial charge on any atom is 0.220 e. The Labute approximate surface area is 161 Å². The molecule has 4 rings (SSSR count). The number of aromatic amines is 1. The van der Waals surface area contributed by atoms with Crippen LogP contribution in [0.15, 0.2) is 42.5 Å². The second kappa shape index (κ2) is 8.10. The van der Waals surface area contributed by atoms with E-state index in [4.69, 9.17) is 4.74 Å². The van der Waals surface area contributed by atoms with Crippen LogP contribution in [-0.2, 0) is 16.0 Å². The van der Waals surface area contributed by atoms with Crippen LogP contribution in [0.3, 0.4) is 0 Å². The van der Waals surface area contributed by atoms with Crippen LogP contribution in [0, 0.1) is 11.6 Å². The topological polar surface area (TPSA) is 54.1 Å². The van der Waals surface area contributed by atoms with Gasteiger partial charge >= 0.3 is 0 Å². The van der Waals surface area contributed by atoms with E-state index in [0.29, 0.717) is 13.0 Å². The van der Waals surface area contributed by atoms with Gasteiger partial charge < -0.3 is 15.0 Å². The van der Waals surface area contributed by atoms with E-state index in [9.17, 15) is 13.6 Å². The van der Waals surface area contributed by atoms with E-state index in [1.54, 1.807) is 18.2 Å². The van der Waals surface area contributed by atoms with Crippen molar-refractivity contribution in [1.29, 1.82) is 0 Å². The van der Waals surface area contributed by atoms with Crippen LogP contribution in [-0.4, -0.2) is 30.1 Å². The predicted octanol–water partition coefficient (Wildman–Crippen LogP) is 4.34. The lowest BCUT2D eigenvalue weighted by molar-refractivity contribution is -0.121. The van der Waals surface area contributed by atoms with Gasteiger partial charge in [0.15, 0.2) is 0 Å². The summed E-state index contributed by atoms with van der Waals surface area (Å²) in [5, 5.41) is 3.66. The molecule has 0 spiro atoms. The number of rotatable bonds is 6. The van der Waals surface area contributed by atoms with Crippen molar-refractivity contribution >= 4 is 16.8 Å². The van der Waals surface area contributed by atoms with Crippen molar-refractivity contribution in [3.05, 3.63) is 59.7 Å². The van der Waals surface area contributed by atoms with Crippen LogP contribution in [0.1, 0.15) is 24.8 Å². The third-order valence-corrected chi connectivity index (χ3v) is 5.15. The summed E-state index contributed by atoms with van der Waals surface area (Å²) in [7, 11) is 0. The highest BCUT2D eigenvalue weighted by Crippen LogP contribution is 2.32. The molecule has 0 aliphatic carbocycles. The first kappa shape index (κ1) is 18.6. The fourth-order valence-corrected chi connectivity index (χ4v) is 3.70. The molecule has 0 radical (unpaired) electrons. The molecule has 1 fully saturated rings. The van der Waals surface area contributed by atoms with Gasteiger partial charge in [0, 0.05) is 36.2 Å². The molecular weight excluding hydrogens is 362 g/mol. The molecule has 1 aliphatic heterocycles. The zero-order chi connectivity index (χ0) is 19.5. The zero-order valence-electron chi connectivity index (χ0n) is 15.4. The van der Waals surface area contributed by atoms with Gasteiger partial charge in [-0.3, -0.25) is 4.79 Å². The monoisotopic (exact) mass is 384 g/mol. The van der Waals surface area contributed by atoms with Crippen molar-refractivity contribution < 1.29 is 18.3 Å². The first-order chi connectivity index (χ1) is 13.6. The van der Waals surface area contributed by atoms with Crippen molar-refractivity contribution in [2.24, 2.45) is 0 Å². The van der Waals surface area contributed by atoms with Crippen molar-refractivity contribution in [3.63, 3.8) is 0 Å². The summed E-state index contributed by atoms with van der Waals surface area (Å²) >= 11 is 0. The lowest BCUT2D eigenvalue weighted by Gasteiger charge is -2.11. The minimum Gasteiger partial charge on any atom is -0.376 e. The molecule has 1 atom stereocenters. The molecule has 1 aliphatic rings. The fourth-order valence-electron chi connectivity index (χ4n) is 3.70. The number of hydrogen-bond acceptors (Lipinski definition) is 2. The number of carbonyl (C=O) groups excluding carboxylic acids is 1. The van der Waals surface area contributed by atoms with Crippen molar-refractivity contribution in [2.45, 2.75) is 31.8 Å². The minimum absolute atomic E-state index is 0.0636. The molecule has 1 aromatic heterocycles. The molecule has 28 heavy (non-hydrogen) atoms. The Bertz CT molecular complexity index is 976. The van der Waals surface area contributed by atoms with Gasteiger partial charge in [0.1, 0.15) is 11.6 Å². The van der Waals surface area contributed by atoms with E-state index in [2.05, 4.69) is 10.3 Å². The predicted molar refractivity (Wildman–Crippen MR) is 104 cm³/mol. The summed E-state index contributed by atoms with van der Waals surface area (Å²) in [6.07, 6.45) is 2.83. The normalized spacial score (nSPS) is 16.6. The maximum absolute atomic E-state index is 13.8. The maximum atomic E-state index is 13.8. The second-order valence-electron chi connectivity index (χ2n) is 7.11. The van der Waals surface area contributed by atoms with Crippen molar-refractivity contribution in [3.8, 4) is 11.3 Å². The van der Waals surface area contributed by atoms with Crippen LogP contribution >= 0.6 is 0 Å². The largest absolute Gasteiger partial charge is 0.376 e. The van der Waals surface area contributed by atoms with Crippen LogP contribution in [0.4, 0.5) is 8.78 Å². The lowest BCUT2D eigenvalue weighted by Crippen LogP contribution is -2.31. The second-order valence-corrected chi connectivity index (χ2v) is 7.11. The van der Waals surface area contributed by atoms with E-state index in [1.807, 2.05) is 0 Å². The van der Waals surface area contributed by atoms with E-state index in [0.717, 1.165) is 47.2 Å². The number of aryl methyl sites for hydroxylation is 1. The minimum atomic E-state index is -0.332. The van der Waals surface area contributed by atoms with E-state index < -0.39 is 0 Å². The van der Waals surface area contributed by atoms with Gasteiger partial charge in [-0.2, -0.15) is 0 Å². The molecule has 0 saturated carbocycles. The molecule has 0 bridgehead atoms. The van der Waals surface area contributed by atoms with Crippen LogP contribution < -0.4 is 5.32 Å². The number of fused-ring (bicyclic) bond motifs is 1. The SMILES string of the molecule is O=C(CCc1c(-c2ccc(F)cc2)[nH]c2ccc(F)cc12)NC[C@H]1CCCO1. The number of H-pyrrole nitrogens is 1. The first-order valence-electron chi connectivity index (χ1n) is 9.54. The third kappa shape index (κ3) is 4.07. The molecule has 2 aromatic carbocycles. The van der Waals surface area contributed by atoms with E-state index in [1.165, 1.54) is 24.3 Å². The Kier molecular flexibility index (Phi) is 5.39. The summed E-state index contributed by atoms with van der Waals surface area (Å²) in [5.41, 5.74) is 3.23. The smallest absolute Gasteiger partial charge is 0.220 e. The third-order valence-electron chi connectivity index (χ3n) is 5.15. The highest BCUT2D eigenvalue weighted by molar-refractivity contribution is 5.91. The summed E-state index contributed by atoms with van der Waals surface area (Å²) in [4.78, 5) is 15.6. The number of hydrogen-bond donors (Lipinski definition) is 2. The van der Waals surface area contributed by atoms with Gasteiger partial charge in [0.25, 0.3) is 0 Å². The summed E-state index contributed by atoms with van der Waals surface area (Å²) in [5.74, 6) is -0.714.